The highest BCUT2D eigenvalue weighted by atomic mass is 32.1. The number of benzene rings is 1. The molecule has 1 aromatic carbocycles. The molecule has 236 valence electrons. The summed E-state index contributed by atoms with van der Waals surface area (Å²) >= 11 is 1.64. The van der Waals surface area contributed by atoms with E-state index >= 15 is 0 Å². The summed E-state index contributed by atoms with van der Waals surface area (Å²) < 4.78 is 11.5. The molecule has 0 aliphatic carbocycles. The van der Waals surface area contributed by atoms with Crippen LogP contribution in [0.15, 0.2) is 29.8 Å². The molecule has 3 aliphatic heterocycles. The number of thiazole rings is 1. The van der Waals surface area contributed by atoms with E-state index in [9.17, 15) is 9.59 Å². The van der Waals surface area contributed by atoms with Crippen molar-refractivity contribution >= 4 is 44.9 Å². The molecule has 11 nitrogen and oxygen atoms in total. The Morgan fingerprint density at radius 3 is 2.77 bits per heavy atom. The zero-order valence-corrected chi connectivity index (χ0v) is 26.6. The van der Waals surface area contributed by atoms with E-state index in [1.807, 2.05) is 17.2 Å². The fourth-order valence-corrected chi connectivity index (χ4v) is 7.54. The lowest BCUT2D eigenvalue weighted by molar-refractivity contribution is -0.128. The molecule has 5 heterocycles. The first-order valence-corrected chi connectivity index (χ1v) is 16.6. The van der Waals surface area contributed by atoms with Crippen LogP contribution in [-0.4, -0.2) is 111 Å². The number of nitrogens with one attached hydrogen (secondary N) is 1. The molecule has 2 amide bonds. The van der Waals surface area contributed by atoms with Crippen LogP contribution in [0.1, 0.15) is 43.0 Å². The van der Waals surface area contributed by atoms with Crippen molar-refractivity contribution in [1.82, 2.24) is 25.1 Å². The number of aromatic nitrogens is 2. The summed E-state index contributed by atoms with van der Waals surface area (Å²) in [5.74, 6) is 1.03. The van der Waals surface area contributed by atoms with Crippen molar-refractivity contribution in [3.63, 3.8) is 0 Å². The van der Waals surface area contributed by atoms with Crippen LogP contribution >= 0.6 is 11.3 Å². The maximum Gasteiger partial charge on any atom is 0.222 e. The van der Waals surface area contributed by atoms with Crippen LogP contribution in [-0.2, 0) is 14.3 Å². The van der Waals surface area contributed by atoms with Crippen LogP contribution < -0.4 is 19.9 Å². The third-order valence-corrected chi connectivity index (χ3v) is 9.81. The summed E-state index contributed by atoms with van der Waals surface area (Å²) in [6.45, 7) is 10.2. The maximum absolute atomic E-state index is 13.3. The van der Waals surface area contributed by atoms with Gasteiger partial charge in [0.15, 0.2) is 5.13 Å². The number of carbonyl (C=O) groups excluding carboxylic acids is 2. The van der Waals surface area contributed by atoms with Gasteiger partial charge in [0.2, 0.25) is 11.8 Å². The van der Waals surface area contributed by atoms with E-state index in [-0.39, 0.29) is 17.9 Å². The Balaban J connectivity index is 1.20. The summed E-state index contributed by atoms with van der Waals surface area (Å²) in [6, 6.07) is 6.06. The van der Waals surface area contributed by atoms with Crippen LogP contribution in [0.4, 0.5) is 10.8 Å². The number of carbonyl (C=O) groups is 2. The molecule has 3 aliphatic rings. The third-order valence-electron chi connectivity index (χ3n) is 8.89. The summed E-state index contributed by atoms with van der Waals surface area (Å²) in [5.41, 5.74) is 4.02. The molecular formula is C32H43N7O4S. The first kappa shape index (κ1) is 30.5. The minimum absolute atomic E-state index is 0.0146. The van der Waals surface area contributed by atoms with Gasteiger partial charge in [-0.2, -0.15) is 0 Å². The highest BCUT2D eigenvalue weighted by molar-refractivity contribution is 7.13. The molecule has 0 spiro atoms. The number of hydrogen-bond donors (Lipinski definition) is 1. The molecule has 0 radical (unpaired) electrons. The first-order valence-electron chi connectivity index (χ1n) is 15.8. The molecule has 3 fully saturated rings. The largest absolute Gasteiger partial charge is 0.494 e. The maximum atomic E-state index is 13.3. The average Bonchev–Trinajstić information content (AvgIpc) is 3.62. The number of fused-ring (bicyclic) bond motifs is 1. The predicted molar refractivity (Wildman–Crippen MR) is 173 cm³/mol. The quantitative estimate of drug-likeness (QED) is 0.366. The van der Waals surface area contributed by atoms with Crippen LogP contribution in [0.3, 0.4) is 0 Å². The second kappa shape index (κ2) is 14.1. The molecular weight excluding hydrogens is 578 g/mol. The van der Waals surface area contributed by atoms with Gasteiger partial charge in [0.25, 0.3) is 0 Å². The fraction of sp³-hybridized carbons (Fsp3) is 0.562. The third kappa shape index (κ3) is 6.77. The van der Waals surface area contributed by atoms with Gasteiger partial charge in [-0.25, -0.2) is 4.98 Å². The summed E-state index contributed by atoms with van der Waals surface area (Å²) in [4.78, 5) is 44.1. The molecule has 44 heavy (non-hydrogen) atoms. The van der Waals surface area contributed by atoms with E-state index in [4.69, 9.17) is 19.4 Å². The Morgan fingerprint density at radius 1 is 1.11 bits per heavy atom. The molecule has 3 aromatic rings. The number of amides is 2. The van der Waals surface area contributed by atoms with Crippen molar-refractivity contribution in [3.8, 4) is 5.75 Å². The smallest absolute Gasteiger partial charge is 0.222 e. The molecule has 6 rings (SSSR count). The zero-order valence-electron chi connectivity index (χ0n) is 25.8. The number of hydrogen-bond acceptors (Lipinski definition) is 10. The molecule has 12 heteroatoms. The standard InChI is InChI=1S/C32H43N7O4S/c1-23-20-24-6-3-8-34-29(24)30(31(23)42-2)38-12-5-11-36(14-15-38)26(21-27(40)33-9-13-37-10-4-7-28(37)41)25-22-44-32(35-25)39-16-18-43-19-17-39/h3,6,8,20,22,26H,4-5,7,9-19,21H2,1-2H3,(H,33,40). The van der Waals surface area contributed by atoms with Crippen molar-refractivity contribution in [2.45, 2.75) is 38.6 Å². The second-order valence-corrected chi connectivity index (χ2v) is 12.6. The number of morpholine rings is 1. The van der Waals surface area contributed by atoms with Crippen LogP contribution in [0.5, 0.6) is 5.75 Å². The Morgan fingerprint density at radius 2 is 1.98 bits per heavy atom. The van der Waals surface area contributed by atoms with E-state index in [0.29, 0.717) is 39.1 Å². The number of ether oxygens (including phenoxy) is 2. The number of anilines is 2. The van der Waals surface area contributed by atoms with Gasteiger partial charge in [-0.3, -0.25) is 19.5 Å². The topological polar surface area (TPSA) is 103 Å². The summed E-state index contributed by atoms with van der Waals surface area (Å²) in [6.07, 6.45) is 4.60. The van der Waals surface area contributed by atoms with Crippen LogP contribution in [0, 0.1) is 6.92 Å². The first-order chi connectivity index (χ1) is 21.5. The Labute approximate surface area is 263 Å². The van der Waals surface area contributed by atoms with Crippen LogP contribution in [0.2, 0.25) is 0 Å². The number of likely N-dealkylation sites (tertiary alicyclic amines) is 1. The van der Waals surface area contributed by atoms with Crippen molar-refractivity contribution in [3.05, 3.63) is 41.0 Å². The molecule has 3 saturated heterocycles. The van der Waals surface area contributed by atoms with Gasteiger partial charge >= 0.3 is 0 Å². The fourth-order valence-electron chi connectivity index (χ4n) is 6.62. The van der Waals surface area contributed by atoms with Crippen molar-refractivity contribution < 1.29 is 19.1 Å². The number of pyridine rings is 1. The number of aryl methyl sites for hydroxylation is 1. The number of rotatable bonds is 10. The normalized spacial score (nSPS) is 19.0. The summed E-state index contributed by atoms with van der Waals surface area (Å²) in [7, 11) is 1.73. The monoisotopic (exact) mass is 621 g/mol. The van der Waals surface area contributed by atoms with Crippen LogP contribution in [0.25, 0.3) is 10.9 Å². The number of nitrogens with zero attached hydrogens (tertiary/aromatic N) is 6. The predicted octanol–water partition coefficient (Wildman–Crippen LogP) is 3.23. The minimum Gasteiger partial charge on any atom is -0.494 e. The highest BCUT2D eigenvalue weighted by Crippen LogP contribution is 2.39. The molecule has 1 N–H and O–H groups in total. The van der Waals surface area contributed by atoms with Crippen molar-refractivity contribution in [1.29, 1.82) is 0 Å². The SMILES string of the molecule is COc1c(C)cc2cccnc2c1N1CCCN(C(CC(=O)NCCN2CCCC2=O)c2csc(N3CCOCC3)n2)CC1. The lowest BCUT2D eigenvalue weighted by atomic mass is 10.1. The molecule has 1 unspecified atom stereocenters. The van der Waals surface area contributed by atoms with E-state index in [2.05, 4.69) is 44.5 Å². The van der Waals surface area contributed by atoms with E-state index < -0.39 is 0 Å². The minimum atomic E-state index is -0.149. The Hall–Kier alpha value is -3.48. The van der Waals surface area contributed by atoms with Gasteiger partial charge in [0.1, 0.15) is 11.4 Å². The highest BCUT2D eigenvalue weighted by Gasteiger charge is 2.30. The molecule has 2 aromatic heterocycles. The lowest BCUT2D eigenvalue weighted by Crippen LogP contribution is -2.39. The van der Waals surface area contributed by atoms with Crippen molar-refractivity contribution in [2.75, 3.05) is 89.0 Å². The molecule has 1 atom stereocenters. The van der Waals surface area contributed by atoms with Gasteiger partial charge in [0, 0.05) is 88.7 Å². The lowest BCUT2D eigenvalue weighted by Gasteiger charge is -2.30. The average molecular weight is 622 g/mol. The summed E-state index contributed by atoms with van der Waals surface area (Å²) in [5, 5.41) is 7.29. The van der Waals surface area contributed by atoms with Gasteiger partial charge in [0.05, 0.1) is 37.6 Å². The Kier molecular flexibility index (Phi) is 9.78. The number of methoxy groups -OCH3 is 1. The Bertz CT molecular complexity index is 1460. The second-order valence-electron chi connectivity index (χ2n) is 11.7. The molecule has 0 bridgehead atoms. The van der Waals surface area contributed by atoms with E-state index in [1.54, 1.807) is 18.4 Å². The van der Waals surface area contributed by atoms with E-state index in [1.165, 1.54) is 0 Å². The van der Waals surface area contributed by atoms with Gasteiger partial charge < -0.3 is 29.5 Å². The molecule has 0 saturated carbocycles. The van der Waals surface area contributed by atoms with E-state index in [0.717, 1.165) is 97.4 Å². The zero-order chi connectivity index (χ0) is 30.5. The van der Waals surface area contributed by atoms with Crippen molar-refractivity contribution in [2.24, 2.45) is 0 Å². The van der Waals surface area contributed by atoms with Gasteiger partial charge in [-0.1, -0.05) is 6.07 Å². The van der Waals surface area contributed by atoms with Gasteiger partial charge in [-0.15, -0.1) is 11.3 Å². The van der Waals surface area contributed by atoms with Gasteiger partial charge in [-0.05, 0) is 37.5 Å².